The summed E-state index contributed by atoms with van der Waals surface area (Å²) in [6, 6.07) is 35.5. The van der Waals surface area contributed by atoms with Crippen molar-refractivity contribution in [2.45, 2.75) is 103 Å². The Morgan fingerprint density at radius 3 is 1.66 bits per heavy atom. The Kier molecular flexibility index (Phi) is 20.6. The van der Waals surface area contributed by atoms with Gasteiger partial charge >= 0.3 is 12.2 Å². The first-order valence-corrected chi connectivity index (χ1v) is 23.5. The van der Waals surface area contributed by atoms with Crippen molar-refractivity contribution >= 4 is 56.2 Å². The highest BCUT2D eigenvalue weighted by Crippen LogP contribution is 2.29. The van der Waals surface area contributed by atoms with Gasteiger partial charge in [-0.05, 0) is 95.5 Å². The van der Waals surface area contributed by atoms with Crippen molar-refractivity contribution in [1.29, 1.82) is 0 Å². The van der Waals surface area contributed by atoms with Crippen molar-refractivity contribution < 1.29 is 47.5 Å². The number of hydrogen-bond donors (Lipinski definition) is 3. The molecule has 0 saturated carbocycles. The maximum absolute atomic E-state index is 13.1. The Hall–Kier alpha value is -6.46. The average Bonchev–Trinajstić information content (AvgIpc) is 4.06. The van der Waals surface area contributed by atoms with E-state index in [9.17, 15) is 23.2 Å². The number of nitrogens with zero attached hydrogens (tertiary/aromatic N) is 4. The fourth-order valence-corrected chi connectivity index (χ4v) is 8.66. The van der Waals surface area contributed by atoms with Crippen molar-refractivity contribution in [3.63, 3.8) is 0 Å². The van der Waals surface area contributed by atoms with Crippen molar-refractivity contribution in [3.8, 4) is 0 Å². The zero-order chi connectivity index (χ0) is 50.8. The molecule has 2 fully saturated rings. The molecule has 0 spiro atoms. The molecular weight excluding hydrogens is 899 g/mol. The second-order valence-corrected chi connectivity index (χ2v) is 18.3. The van der Waals surface area contributed by atoms with Crippen LogP contribution in [0.5, 0.6) is 0 Å². The predicted molar refractivity (Wildman–Crippen MR) is 268 cm³/mol. The van der Waals surface area contributed by atoms with Gasteiger partial charge in [-0.3, -0.25) is 19.6 Å². The zero-order valence-electron chi connectivity index (χ0n) is 41.0. The lowest BCUT2D eigenvalue weighted by Gasteiger charge is -2.34. The fraction of sp³-hybridized carbons (Fsp3) is 0.407. The van der Waals surface area contributed by atoms with E-state index < -0.39 is 11.7 Å². The van der Waals surface area contributed by atoms with Gasteiger partial charge in [0.1, 0.15) is 23.0 Å². The Morgan fingerprint density at radius 1 is 0.729 bits per heavy atom. The Bertz CT molecular complexity index is 2670. The third-order valence-electron chi connectivity index (χ3n) is 12.1. The Balaban J connectivity index is 0.000000199. The number of likely N-dealkylation sites (tertiary alicyclic amines) is 1. The minimum Gasteiger partial charge on any atom is -0.444 e. The molecule has 3 aromatic heterocycles. The summed E-state index contributed by atoms with van der Waals surface area (Å²) in [5.41, 5.74) is 9.30. The minimum absolute atomic E-state index is 0.0562. The van der Waals surface area contributed by atoms with Gasteiger partial charge in [-0.15, -0.1) is 0 Å². The number of nitrogen functional groups attached to an aromatic ring is 1. The summed E-state index contributed by atoms with van der Waals surface area (Å²) >= 11 is 0. The van der Waals surface area contributed by atoms with Crippen molar-refractivity contribution in [2.24, 2.45) is 11.8 Å². The molecule has 1 amide bonds. The number of aromatic nitrogens is 3. The molecule has 0 unspecified atom stereocenters. The molecule has 0 radical (unpaired) electrons. The van der Waals surface area contributed by atoms with Gasteiger partial charge < -0.3 is 35.0 Å². The van der Waals surface area contributed by atoms with Crippen LogP contribution in [-0.4, -0.2) is 100.0 Å². The molecule has 2 aliphatic rings. The lowest BCUT2D eigenvalue weighted by molar-refractivity contribution is -0.189. The number of para-hydroxylation sites is 3. The highest BCUT2D eigenvalue weighted by Gasteiger charge is 2.41. The highest BCUT2D eigenvalue weighted by atomic mass is 19.3. The maximum Gasteiger partial charge on any atom is 0.410 e. The second-order valence-electron chi connectivity index (χ2n) is 18.3. The van der Waals surface area contributed by atoms with E-state index in [0.29, 0.717) is 18.8 Å². The summed E-state index contributed by atoms with van der Waals surface area (Å²) in [7, 11) is 3.30. The van der Waals surface area contributed by atoms with E-state index in [1.165, 1.54) is 0 Å². The monoisotopic (exact) mass is 964 g/mol. The number of nitrogens with one attached hydrogen (secondary N) is 1. The van der Waals surface area contributed by atoms with Crippen LogP contribution in [0.15, 0.2) is 122 Å². The first-order chi connectivity index (χ1) is 33.5. The summed E-state index contributed by atoms with van der Waals surface area (Å²) in [5, 5.41) is 13.9. The van der Waals surface area contributed by atoms with Crippen molar-refractivity contribution in [3.05, 3.63) is 133 Å². The number of anilines is 1. The SMILES string of the molecule is CO[C@@H]([C@@H]1CCCN1)[C@@H](C)C(=O)Cc1ccc2ccccc2n1.CO[C@H]([C@@H](C)C(=O)Cc1ccc2ccccc2n1)[C@@H]1CCCN1C(=O)OC(C)(C)C.Nc1ccc2ccccc2n1.OOC=C(F)F. The van der Waals surface area contributed by atoms with Crippen LogP contribution in [0.3, 0.4) is 0 Å². The van der Waals surface area contributed by atoms with Gasteiger partial charge in [0, 0.05) is 79.0 Å². The Morgan fingerprint density at radius 2 is 1.21 bits per heavy atom. The standard InChI is InChI=1S/C24H32N2O4.C19H24N2O2.C9H8N2.C2H2F2O2/c1-16(21(27)15-18-13-12-17-9-6-7-10-19(17)25-18)22(29-5)20-11-8-14-26(20)23(28)30-24(2,3)4;1-13(19(23-2)17-8-5-11-20-17)18(22)12-15-10-9-14-6-3-4-7-16(14)21-15;10-9-6-5-7-3-1-2-4-8(7)11-9;3-2(4)1-6-5/h6-7,9-10,12-13,16,20,22H,8,11,14-15H2,1-5H3;3-4,6-7,9-10,13,17,19-20H,5,8,11-12H2,1-2H3;1-6H,(H2,10,11);1,5H/t16-,20-,22+;13-,17-,19+;;/m00../s1. The van der Waals surface area contributed by atoms with Crippen LogP contribution in [0, 0.1) is 11.8 Å². The summed E-state index contributed by atoms with van der Waals surface area (Å²) in [4.78, 5) is 56.4. The van der Waals surface area contributed by atoms with Crippen LogP contribution in [-0.2, 0) is 41.5 Å². The fourth-order valence-electron chi connectivity index (χ4n) is 8.66. The zero-order valence-corrected chi connectivity index (χ0v) is 41.0. The molecule has 4 N–H and O–H groups in total. The van der Waals surface area contributed by atoms with Crippen LogP contribution in [0.4, 0.5) is 19.4 Å². The molecule has 70 heavy (non-hydrogen) atoms. The quantitative estimate of drug-likeness (QED) is 0.0564. The average molecular weight is 965 g/mol. The van der Waals surface area contributed by atoms with E-state index in [1.54, 1.807) is 19.1 Å². The molecule has 0 aliphatic carbocycles. The maximum atomic E-state index is 13.1. The first kappa shape index (κ1) is 54.5. The number of nitrogens with two attached hydrogens (primary N) is 1. The van der Waals surface area contributed by atoms with E-state index in [2.05, 4.69) is 25.2 Å². The summed E-state index contributed by atoms with van der Waals surface area (Å²) in [6.45, 7) is 11.0. The molecule has 16 heteroatoms. The number of ether oxygens (including phenoxy) is 3. The molecule has 2 aliphatic heterocycles. The van der Waals surface area contributed by atoms with E-state index in [0.717, 1.165) is 76.3 Å². The molecule has 2 saturated heterocycles. The Labute approximate surface area is 408 Å². The van der Waals surface area contributed by atoms with Gasteiger partial charge in [0.05, 0.1) is 34.8 Å². The molecule has 0 bridgehead atoms. The first-order valence-electron chi connectivity index (χ1n) is 23.5. The number of methoxy groups -OCH3 is 2. The van der Waals surface area contributed by atoms with Crippen LogP contribution in [0.25, 0.3) is 32.7 Å². The summed E-state index contributed by atoms with van der Waals surface area (Å²) in [6.07, 6.45) is 1.57. The van der Waals surface area contributed by atoms with Gasteiger partial charge in [0.25, 0.3) is 0 Å². The lowest BCUT2D eigenvalue weighted by Crippen LogP contribution is -2.49. The number of rotatable bonds is 13. The van der Waals surface area contributed by atoms with E-state index in [1.807, 2.05) is 144 Å². The molecule has 14 nitrogen and oxygen atoms in total. The molecule has 6 atom stereocenters. The number of ketones is 2. The van der Waals surface area contributed by atoms with E-state index in [4.69, 9.17) is 25.2 Å². The summed E-state index contributed by atoms with van der Waals surface area (Å²) < 4.78 is 38.1. The number of carbonyl (C=O) groups excluding carboxylic acids is 3. The smallest absolute Gasteiger partial charge is 0.410 e. The molecular formula is C54H66F2N6O8. The lowest BCUT2D eigenvalue weighted by atomic mass is 9.90. The van der Waals surface area contributed by atoms with E-state index in [-0.39, 0.29) is 66.5 Å². The summed E-state index contributed by atoms with van der Waals surface area (Å²) in [5.74, 6) is 0.317. The van der Waals surface area contributed by atoms with Gasteiger partial charge in [-0.25, -0.2) is 15.0 Å². The third kappa shape index (κ3) is 16.1. The van der Waals surface area contributed by atoms with Gasteiger partial charge in [0.15, 0.2) is 6.26 Å². The molecule has 374 valence electrons. The van der Waals surface area contributed by atoms with Gasteiger partial charge in [0.2, 0.25) is 0 Å². The number of hydrogen-bond acceptors (Lipinski definition) is 13. The molecule has 3 aromatic carbocycles. The van der Waals surface area contributed by atoms with Crippen LogP contribution < -0.4 is 11.1 Å². The molecule has 8 rings (SSSR count). The number of amides is 1. The van der Waals surface area contributed by atoms with Crippen LogP contribution >= 0.6 is 0 Å². The number of Topliss-reactive ketones (excluding diaryl/α,β-unsaturated/α-hetero) is 2. The normalized spacial score (nSPS) is 17.1. The second kappa shape index (κ2) is 26.5. The van der Waals surface area contributed by atoms with Gasteiger partial charge in [-0.2, -0.15) is 8.78 Å². The third-order valence-corrected chi connectivity index (χ3v) is 12.1. The largest absolute Gasteiger partial charge is 0.444 e. The minimum atomic E-state index is -2.06. The molecule has 6 aromatic rings. The van der Waals surface area contributed by atoms with Crippen molar-refractivity contribution in [1.82, 2.24) is 25.2 Å². The topological polar surface area (TPSA) is 188 Å². The van der Waals surface area contributed by atoms with E-state index >= 15 is 0 Å². The highest BCUT2D eigenvalue weighted by molar-refractivity contribution is 5.86. The predicted octanol–water partition coefficient (Wildman–Crippen LogP) is 10.2. The van der Waals surface area contributed by atoms with Crippen LogP contribution in [0.1, 0.15) is 71.7 Å². The van der Waals surface area contributed by atoms with Crippen LogP contribution in [0.2, 0.25) is 0 Å². The number of halogens is 2. The number of fused-ring (bicyclic) bond motifs is 3. The number of benzene rings is 3. The van der Waals surface area contributed by atoms with Crippen molar-refractivity contribution in [2.75, 3.05) is 33.0 Å². The number of pyridine rings is 3. The number of carbonyl (C=O) groups is 3. The molecule has 5 heterocycles. The van der Waals surface area contributed by atoms with Gasteiger partial charge in [-0.1, -0.05) is 80.6 Å².